The first kappa shape index (κ1) is 15.0. The maximum absolute atomic E-state index is 11.2. The Bertz CT molecular complexity index is 468. The number of primary amides is 1. The predicted octanol–water partition coefficient (Wildman–Crippen LogP) is 0.844. The fourth-order valence-electron chi connectivity index (χ4n) is 1.69. The molecule has 0 aliphatic carbocycles. The number of rotatable bonds is 7. The van der Waals surface area contributed by atoms with Gasteiger partial charge in [-0.25, -0.2) is 0 Å². The Kier molecular flexibility index (Phi) is 5.86. The first-order chi connectivity index (χ1) is 9.13. The van der Waals surface area contributed by atoms with E-state index in [1.807, 2.05) is 11.0 Å². The SMILES string of the molecule is C#CC(OC)N(CCOC)c1cccc(C(N)=O)c1. The number of carbonyl (C=O) groups is 1. The van der Waals surface area contributed by atoms with Gasteiger partial charge in [-0.15, -0.1) is 6.42 Å². The number of nitrogens with zero attached hydrogens (tertiary/aromatic N) is 1. The second-order valence-corrected chi connectivity index (χ2v) is 3.86. The van der Waals surface area contributed by atoms with Gasteiger partial charge in [-0.05, 0) is 18.2 Å². The Hall–Kier alpha value is -2.03. The van der Waals surface area contributed by atoms with E-state index in [4.69, 9.17) is 21.6 Å². The lowest BCUT2D eigenvalue weighted by atomic mass is 10.1. The third-order valence-electron chi connectivity index (χ3n) is 2.65. The second-order valence-electron chi connectivity index (χ2n) is 3.86. The first-order valence-corrected chi connectivity index (χ1v) is 5.78. The highest BCUT2D eigenvalue weighted by atomic mass is 16.5. The molecular formula is C14H18N2O3. The standard InChI is InChI=1S/C14H18N2O3/c1-4-13(19-3)16(8-9-18-2)12-7-5-6-11(10-12)14(15)17/h1,5-7,10,13H,8-9H2,2-3H3,(H2,15,17). The fraction of sp³-hybridized carbons (Fsp3) is 0.357. The zero-order chi connectivity index (χ0) is 14.3. The van der Waals surface area contributed by atoms with Crippen molar-refractivity contribution in [2.24, 2.45) is 5.73 Å². The summed E-state index contributed by atoms with van der Waals surface area (Å²) in [6, 6.07) is 6.92. The predicted molar refractivity (Wildman–Crippen MR) is 73.8 cm³/mol. The second kappa shape index (κ2) is 7.41. The van der Waals surface area contributed by atoms with Gasteiger partial charge in [-0.3, -0.25) is 4.79 Å². The number of nitrogens with two attached hydrogens (primary N) is 1. The molecule has 19 heavy (non-hydrogen) atoms. The van der Waals surface area contributed by atoms with Gasteiger partial charge in [-0.1, -0.05) is 12.0 Å². The molecule has 102 valence electrons. The number of methoxy groups -OCH3 is 2. The topological polar surface area (TPSA) is 64.8 Å². The molecule has 0 saturated heterocycles. The highest BCUT2D eigenvalue weighted by molar-refractivity contribution is 5.93. The van der Waals surface area contributed by atoms with Gasteiger partial charge in [0.25, 0.3) is 0 Å². The van der Waals surface area contributed by atoms with Gasteiger partial charge in [0.05, 0.1) is 6.61 Å². The van der Waals surface area contributed by atoms with E-state index in [9.17, 15) is 4.79 Å². The summed E-state index contributed by atoms with van der Waals surface area (Å²) in [6.07, 6.45) is 4.91. The number of ether oxygens (including phenoxy) is 2. The molecule has 1 amide bonds. The Morgan fingerprint density at radius 1 is 1.53 bits per heavy atom. The van der Waals surface area contributed by atoms with Gasteiger partial charge in [0.1, 0.15) is 0 Å². The number of hydrogen-bond donors (Lipinski definition) is 1. The first-order valence-electron chi connectivity index (χ1n) is 5.78. The van der Waals surface area contributed by atoms with E-state index >= 15 is 0 Å². The third-order valence-corrected chi connectivity index (χ3v) is 2.65. The number of carbonyl (C=O) groups excluding carboxylic acids is 1. The van der Waals surface area contributed by atoms with Crippen molar-refractivity contribution < 1.29 is 14.3 Å². The number of amides is 1. The molecule has 0 spiro atoms. The van der Waals surface area contributed by atoms with Crippen LogP contribution in [-0.4, -0.2) is 39.5 Å². The Labute approximate surface area is 113 Å². The van der Waals surface area contributed by atoms with Crippen LogP contribution in [0.4, 0.5) is 5.69 Å². The van der Waals surface area contributed by atoms with E-state index in [-0.39, 0.29) is 0 Å². The smallest absolute Gasteiger partial charge is 0.248 e. The molecule has 1 aromatic rings. The van der Waals surface area contributed by atoms with Crippen molar-refractivity contribution >= 4 is 11.6 Å². The molecule has 1 unspecified atom stereocenters. The maximum atomic E-state index is 11.2. The molecule has 0 aromatic heterocycles. The van der Waals surface area contributed by atoms with E-state index < -0.39 is 12.1 Å². The minimum Gasteiger partial charge on any atom is -0.383 e. The van der Waals surface area contributed by atoms with Crippen molar-refractivity contribution in [1.82, 2.24) is 0 Å². The van der Waals surface area contributed by atoms with E-state index in [2.05, 4.69) is 5.92 Å². The van der Waals surface area contributed by atoms with Crippen LogP contribution in [0.5, 0.6) is 0 Å². The van der Waals surface area contributed by atoms with Crippen molar-refractivity contribution in [2.75, 3.05) is 32.3 Å². The van der Waals surface area contributed by atoms with Crippen LogP contribution in [0.3, 0.4) is 0 Å². The summed E-state index contributed by atoms with van der Waals surface area (Å²) in [6.45, 7) is 1.03. The van der Waals surface area contributed by atoms with E-state index in [0.717, 1.165) is 5.69 Å². The quantitative estimate of drug-likeness (QED) is 0.584. The van der Waals surface area contributed by atoms with Crippen LogP contribution in [0.15, 0.2) is 24.3 Å². The van der Waals surface area contributed by atoms with Gasteiger partial charge < -0.3 is 20.1 Å². The normalized spacial score (nSPS) is 11.6. The van der Waals surface area contributed by atoms with Gasteiger partial charge >= 0.3 is 0 Å². The molecule has 1 rings (SSSR count). The average Bonchev–Trinajstić information content (AvgIpc) is 2.43. The van der Waals surface area contributed by atoms with E-state index in [0.29, 0.717) is 18.7 Å². The highest BCUT2D eigenvalue weighted by Gasteiger charge is 2.16. The molecule has 0 aliphatic rings. The molecule has 1 aromatic carbocycles. The van der Waals surface area contributed by atoms with Crippen molar-refractivity contribution in [3.8, 4) is 12.3 Å². The maximum Gasteiger partial charge on any atom is 0.248 e. The van der Waals surface area contributed by atoms with E-state index in [1.165, 1.54) is 7.11 Å². The van der Waals surface area contributed by atoms with Crippen molar-refractivity contribution in [3.63, 3.8) is 0 Å². The number of terminal acetylenes is 1. The number of hydrogen-bond acceptors (Lipinski definition) is 4. The molecule has 0 fully saturated rings. The van der Waals surface area contributed by atoms with Crippen LogP contribution >= 0.6 is 0 Å². The average molecular weight is 262 g/mol. The van der Waals surface area contributed by atoms with Crippen LogP contribution in [0.25, 0.3) is 0 Å². The molecule has 0 bridgehead atoms. The lowest BCUT2D eigenvalue weighted by Crippen LogP contribution is -2.38. The summed E-state index contributed by atoms with van der Waals surface area (Å²) in [5, 5.41) is 0. The summed E-state index contributed by atoms with van der Waals surface area (Å²) in [5.74, 6) is 2.06. The zero-order valence-corrected chi connectivity index (χ0v) is 11.1. The molecule has 0 heterocycles. The number of benzene rings is 1. The third kappa shape index (κ3) is 3.98. The van der Waals surface area contributed by atoms with Crippen LogP contribution < -0.4 is 10.6 Å². The monoisotopic (exact) mass is 262 g/mol. The van der Waals surface area contributed by atoms with Crippen molar-refractivity contribution in [2.45, 2.75) is 6.23 Å². The number of anilines is 1. The van der Waals surface area contributed by atoms with Gasteiger partial charge in [-0.2, -0.15) is 0 Å². The van der Waals surface area contributed by atoms with E-state index in [1.54, 1.807) is 25.3 Å². The summed E-state index contributed by atoms with van der Waals surface area (Å²) in [4.78, 5) is 13.0. The summed E-state index contributed by atoms with van der Waals surface area (Å²) < 4.78 is 10.3. The molecule has 0 radical (unpaired) electrons. The molecule has 0 aliphatic heterocycles. The van der Waals surface area contributed by atoms with Crippen LogP contribution in [0.2, 0.25) is 0 Å². The minimum absolute atomic E-state index is 0.423. The van der Waals surface area contributed by atoms with Gasteiger partial charge in [0.15, 0.2) is 6.23 Å². The Morgan fingerprint density at radius 3 is 2.79 bits per heavy atom. The molecule has 5 heteroatoms. The molecule has 0 saturated carbocycles. The summed E-state index contributed by atoms with van der Waals surface area (Å²) in [5.41, 5.74) is 6.46. The molecule has 5 nitrogen and oxygen atoms in total. The molecule has 1 atom stereocenters. The lowest BCUT2D eigenvalue weighted by Gasteiger charge is -2.29. The van der Waals surface area contributed by atoms with Crippen LogP contribution in [0, 0.1) is 12.3 Å². The highest BCUT2D eigenvalue weighted by Crippen LogP contribution is 2.18. The largest absolute Gasteiger partial charge is 0.383 e. The van der Waals surface area contributed by atoms with Crippen LogP contribution in [-0.2, 0) is 9.47 Å². The lowest BCUT2D eigenvalue weighted by molar-refractivity contribution is 0.1000. The summed E-state index contributed by atoms with van der Waals surface area (Å²) in [7, 11) is 3.14. The fourth-order valence-corrected chi connectivity index (χ4v) is 1.69. The Balaban J connectivity index is 3.06. The summed E-state index contributed by atoms with van der Waals surface area (Å²) >= 11 is 0. The Morgan fingerprint density at radius 2 is 2.26 bits per heavy atom. The van der Waals surface area contributed by atoms with Crippen molar-refractivity contribution in [1.29, 1.82) is 0 Å². The van der Waals surface area contributed by atoms with Crippen LogP contribution in [0.1, 0.15) is 10.4 Å². The molecule has 2 N–H and O–H groups in total. The van der Waals surface area contributed by atoms with Crippen molar-refractivity contribution in [3.05, 3.63) is 29.8 Å². The minimum atomic E-state index is -0.529. The molecular weight excluding hydrogens is 244 g/mol. The zero-order valence-electron chi connectivity index (χ0n) is 11.1. The van der Waals surface area contributed by atoms with Gasteiger partial charge in [0, 0.05) is 32.0 Å². The van der Waals surface area contributed by atoms with Gasteiger partial charge in [0.2, 0.25) is 5.91 Å².